The number of para-hydroxylation sites is 2. The summed E-state index contributed by atoms with van der Waals surface area (Å²) in [5, 5.41) is 0.311. The maximum absolute atomic E-state index is 12.0. The zero-order valence-corrected chi connectivity index (χ0v) is 12.0. The van der Waals surface area contributed by atoms with Crippen molar-refractivity contribution in [2.24, 2.45) is 0 Å². The average Bonchev–Trinajstić information content (AvgIpc) is 2.89. The fourth-order valence-corrected chi connectivity index (χ4v) is 2.67. The third-order valence-corrected chi connectivity index (χ3v) is 3.93. The molecule has 0 bridgehead atoms. The largest absolute Gasteiger partial charge is 0.431 e. The van der Waals surface area contributed by atoms with E-state index in [0.717, 1.165) is 14.5 Å². The number of hydrogen-bond donors (Lipinski definition) is 1. The van der Waals surface area contributed by atoms with Gasteiger partial charge in [0.15, 0.2) is 0 Å². The lowest BCUT2D eigenvalue weighted by molar-refractivity contribution is 0.212. The quantitative estimate of drug-likeness (QED) is 0.723. The summed E-state index contributed by atoms with van der Waals surface area (Å²) in [6.07, 6.45) is -0.585. The fraction of sp³-hybridized carbons (Fsp3) is 0. The van der Waals surface area contributed by atoms with Crippen LogP contribution in [0.2, 0.25) is 0 Å². The summed E-state index contributed by atoms with van der Waals surface area (Å²) in [5.41, 5.74) is 1.45. The Balaban J connectivity index is 1.78. The molecule has 0 fully saturated rings. The number of ether oxygens (including phenoxy) is 1. The van der Waals surface area contributed by atoms with Crippen molar-refractivity contribution < 1.29 is 9.53 Å². The molecular formula is C14H10N2O2S2. The first-order valence-electron chi connectivity index (χ1n) is 5.85. The first-order chi connectivity index (χ1) is 9.74. The Labute approximate surface area is 125 Å². The van der Waals surface area contributed by atoms with Crippen LogP contribution in [0.3, 0.4) is 0 Å². The van der Waals surface area contributed by atoms with E-state index in [0.29, 0.717) is 10.9 Å². The zero-order chi connectivity index (χ0) is 13.9. The van der Waals surface area contributed by atoms with Gasteiger partial charge < -0.3 is 4.74 Å². The van der Waals surface area contributed by atoms with Crippen LogP contribution in [0.5, 0.6) is 5.19 Å². The second-order valence-corrected chi connectivity index (χ2v) is 5.36. The van der Waals surface area contributed by atoms with E-state index in [1.165, 1.54) is 11.3 Å². The van der Waals surface area contributed by atoms with Gasteiger partial charge in [0.05, 0.1) is 15.9 Å². The van der Waals surface area contributed by atoms with Crippen molar-refractivity contribution in [1.82, 2.24) is 4.98 Å². The molecule has 0 spiro atoms. The van der Waals surface area contributed by atoms with E-state index in [9.17, 15) is 4.79 Å². The minimum Gasteiger partial charge on any atom is -0.380 e. The van der Waals surface area contributed by atoms with Crippen molar-refractivity contribution in [3.63, 3.8) is 0 Å². The Morgan fingerprint density at radius 2 is 1.80 bits per heavy atom. The van der Waals surface area contributed by atoms with Crippen LogP contribution < -0.4 is 9.04 Å². The maximum Gasteiger partial charge on any atom is 0.431 e. The van der Waals surface area contributed by atoms with Crippen LogP contribution in [0.4, 0.5) is 10.5 Å². The third-order valence-electron chi connectivity index (χ3n) is 2.62. The number of aromatic nitrogens is 1. The predicted molar refractivity (Wildman–Crippen MR) is 83.6 cm³/mol. The van der Waals surface area contributed by atoms with Crippen LogP contribution in [0.15, 0.2) is 54.6 Å². The summed E-state index contributed by atoms with van der Waals surface area (Å²) in [5.74, 6) is 0. The molecule has 1 heterocycles. The van der Waals surface area contributed by atoms with Gasteiger partial charge in [-0.25, -0.2) is 14.1 Å². The molecule has 0 aliphatic carbocycles. The highest BCUT2D eigenvalue weighted by Crippen LogP contribution is 2.28. The minimum atomic E-state index is -0.585. The number of thiol groups is 1. The summed E-state index contributed by atoms with van der Waals surface area (Å²) in [4.78, 5) is 16.2. The SMILES string of the molecule is O=C(Oc1nc2ccccc2s1)N(S)c1ccccc1. The Hall–Kier alpha value is -2.05. The summed E-state index contributed by atoms with van der Waals surface area (Å²) < 4.78 is 7.35. The van der Waals surface area contributed by atoms with Crippen molar-refractivity contribution in [2.45, 2.75) is 0 Å². The van der Waals surface area contributed by atoms with E-state index in [4.69, 9.17) is 4.74 Å². The van der Waals surface area contributed by atoms with Crippen molar-refractivity contribution in [1.29, 1.82) is 0 Å². The van der Waals surface area contributed by atoms with Crippen molar-refractivity contribution in [2.75, 3.05) is 4.31 Å². The third kappa shape index (κ3) is 2.61. The van der Waals surface area contributed by atoms with Gasteiger partial charge in [-0.05, 0) is 24.3 Å². The molecule has 100 valence electrons. The van der Waals surface area contributed by atoms with Gasteiger partial charge in [-0.2, -0.15) is 0 Å². The van der Waals surface area contributed by atoms with Crippen LogP contribution >= 0.6 is 24.2 Å². The summed E-state index contributed by atoms with van der Waals surface area (Å²) >= 11 is 5.47. The Bertz CT molecular complexity index is 710. The van der Waals surface area contributed by atoms with E-state index < -0.39 is 6.09 Å². The van der Waals surface area contributed by atoms with Gasteiger partial charge in [-0.15, -0.1) is 0 Å². The van der Waals surface area contributed by atoms with Crippen molar-refractivity contribution in [3.05, 3.63) is 54.6 Å². The molecule has 0 saturated carbocycles. The van der Waals surface area contributed by atoms with Crippen LogP contribution in [0.1, 0.15) is 0 Å². The topological polar surface area (TPSA) is 42.4 Å². The molecule has 0 aliphatic heterocycles. The Morgan fingerprint density at radius 1 is 1.10 bits per heavy atom. The van der Waals surface area contributed by atoms with E-state index >= 15 is 0 Å². The number of carbonyl (C=O) groups is 1. The van der Waals surface area contributed by atoms with Gasteiger partial charge in [0.25, 0.3) is 5.19 Å². The standard InChI is InChI=1S/C14H10N2O2S2/c17-14(16(19)10-6-2-1-3-7-10)18-13-15-11-8-4-5-9-12(11)20-13/h1-9,19H. The van der Waals surface area contributed by atoms with Gasteiger partial charge in [0.2, 0.25) is 0 Å². The number of carbonyl (C=O) groups excluding carboxylic acids is 1. The Morgan fingerprint density at radius 3 is 2.55 bits per heavy atom. The molecule has 0 aliphatic rings. The minimum absolute atomic E-state index is 0.311. The summed E-state index contributed by atoms with van der Waals surface area (Å²) in [6, 6.07) is 16.7. The predicted octanol–water partition coefficient (Wildman–Crippen LogP) is 4.15. The Kier molecular flexibility index (Phi) is 3.58. The highest BCUT2D eigenvalue weighted by molar-refractivity contribution is 7.82. The van der Waals surface area contributed by atoms with E-state index in [1.807, 2.05) is 42.5 Å². The summed E-state index contributed by atoms with van der Waals surface area (Å²) in [6.45, 7) is 0. The van der Waals surface area contributed by atoms with Crippen molar-refractivity contribution in [3.8, 4) is 5.19 Å². The normalized spacial score (nSPS) is 10.4. The lowest BCUT2D eigenvalue weighted by Crippen LogP contribution is -2.24. The molecule has 0 N–H and O–H groups in total. The molecule has 1 amide bonds. The van der Waals surface area contributed by atoms with Gasteiger partial charge in [-0.1, -0.05) is 54.5 Å². The molecule has 20 heavy (non-hydrogen) atoms. The van der Waals surface area contributed by atoms with Gasteiger partial charge in [0.1, 0.15) is 0 Å². The second kappa shape index (κ2) is 5.52. The van der Waals surface area contributed by atoms with Crippen LogP contribution in [0, 0.1) is 0 Å². The number of nitrogens with zero attached hydrogens (tertiary/aromatic N) is 2. The van der Waals surface area contributed by atoms with E-state index in [2.05, 4.69) is 17.8 Å². The first kappa shape index (κ1) is 13.0. The first-order valence-corrected chi connectivity index (χ1v) is 7.07. The lowest BCUT2D eigenvalue weighted by atomic mass is 10.3. The molecule has 2 aromatic carbocycles. The fourth-order valence-electron chi connectivity index (χ4n) is 1.69. The number of hydrogen-bond acceptors (Lipinski definition) is 5. The van der Waals surface area contributed by atoms with Crippen LogP contribution in [0.25, 0.3) is 10.2 Å². The smallest absolute Gasteiger partial charge is 0.380 e. The highest BCUT2D eigenvalue weighted by Gasteiger charge is 2.16. The number of amides is 1. The van der Waals surface area contributed by atoms with Gasteiger partial charge in [-0.3, -0.25) is 0 Å². The molecule has 1 aromatic heterocycles. The molecule has 6 heteroatoms. The molecule has 3 rings (SSSR count). The van der Waals surface area contributed by atoms with E-state index in [1.54, 1.807) is 12.1 Å². The number of rotatable bonds is 2. The van der Waals surface area contributed by atoms with Gasteiger partial charge in [0, 0.05) is 0 Å². The van der Waals surface area contributed by atoms with Crippen LogP contribution in [-0.2, 0) is 0 Å². The molecule has 0 radical (unpaired) electrons. The summed E-state index contributed by atoms with van der Waals surface area (Å²) in [7, 11) is 0. The number of anilines is 1. The maximum atomic E-state index is 12.0. The zero-order valence-electron chi connectivity index (χ0n) is 10.3. The average molecular weight is 302 g/mol. The second-order valence-electron chi connectivity index (χ2n) is 3.96. The highest BCUT2D eigenvalue weighted by atomic mass is 32.1. The monoisotopic (exact) mass is 302 g/mol. The van der Waals surface area contributed by atoms with Gasteiger partial charge >= 0.3 is 6.09 Å². The number of thiazole rings is 1. The molecule has 0 saturated heterocycles. The number of benzene rings is 2. The molecule has 0 unspecified atom stereocenters. The number of fused-ring (bicyclic) bond motifs is 1. The molecule has 4 nitrogen and oxygen atoms in total. The molecular weight excluding hydrogens is 292 g/mol. The molecule has 3 aromatic rings. The lowest BCUT2D eigenvalue weighted by Gasteiger charge is -2.13. The van der Waals surface area contributed by atoms with E-state index in [-0.39, 0.29) is 0 Å². The van der Waals surface area contributed by atoms with Crippen molar-refractivity contribution >= 4 is 46.1 Å². The molecule has 0 atom stereocenters. The van der Waals surface area contributed by atoms with Crippen LogP contribution in [-0.4, -0.2) is 11.1 Å².